The summed E-state index contributed by atoms with van der Waals surface area (Å²) >= 11 is 31.2. The van der Waals surface area contributed by atoms with Crippen molar-refractivity contribution in [1.29, 1.82) is 0 Å². The van der Waals surface area contributed by atoms with Crippen molar-refractivity contribution >= 4 is 91.8 Å². The molecule has 9 aliphatic heterocycles. The van der Waals surface area contributed by atoms with Crippen LogP contribution < -0.4 is 26.8 Å². The predicted molar refractivity (Wildman–Crippen MR) is 448 cm³/mol. The van der Waals surface area contributed by atoms with Crippen LogP contribution in [0.2, 0.25) is 17.3 Å². The number of rotatable bonds is 14. The molecule has 17 atom stereocenters. The fraction of sp³-hybridized carbons (Fsp3) is 0.550. The highest BCUT2D eigenvalue weighted by molar-refractivity contribution is 7.17. The molecule has 0 bridgehead atoms. The first-order chi connectivity index (χ1) is 57.4. The molecule has 119 heavy (non-hydrogen) atoms. The van der Waals surface area contributed by atoms with E-state index in [9.17, 15) is 25.2 Å². The molecule has 39 heteroatoms. The fourth-order valence-corrected chi connectivity index (χ4v) is 24.5. The number of nitrogens with zero attached hydrogens (tertiary/aromatic N) is 16. The number of H-pyrrole nitrogens is 1. The Labute approximate surface area is 722 Å². The minimum Gasteiger partial charge on any atom is -0.386 e. The van der Waals surface area contributed by atoms with Gasteiger partial charge in [0.05, 0.1) is 154 Å². The van der Waals surface area contributed by atoms with Crippen LogP contribution in [0.5, 0.6) is 0 Å². The number of aliphatic hydroxyl groups excluding tert-OH is 4. The van der Waals surface area contributed by atoms with Crippen LogP contribution in [0.3, 0.4) is 0 Å². The zero-order valence-electron chi connectivity index (χ0n) is 66.3. The van der Waals surface area contributed by atoms with Gasteiger partial charge in [0.25, 0.3) is 0 Å². The van der Waals surface area contributed by atoms with Gasteiger partial charge >= 0.3 is 0 Å². The van der Waals surface area contributed by atoms with Crippen molar-refractivity contribution in [2.75, 3.05) is 39.6 Å². The first-order valence-corrected chi connectivity index (χ1v) is 45.3. The van der Waals surface area contributed by atoms with Crippen LogP contribution in [0.15, 0.2) is 103 Å². The van der Waals surface area contributed by atoms with E-state index in [1.165, 1.54) is 57.8 Å². The third-order valence-corrected chi connectivity index (χ3v) is 29.8. The summed E-state index contributed by atoms with van der Waals surface area (Å²) in [5, 5.41) is 95.3. The molecule has 20 rings (SSSR count). The molecule has 20 heterocycles. The van der Waals surface area contributed by atoms with Gasteiger partial charge in [0.2, 0.25) is 5.56 Å². The van der Waals surface area contributed by atoms with Gasteiger partial charge in [0, 0.05) is 148 Å². The Hall–Kier alpha value is -6.76. The summed E-state index contributed by atoms with van der Waals surface area (Å²) in [6, 6.07) is 13.7. The van der Waals surface area contributed by atoms with Crippen LogP contribution in [0, 0.1) is 12.8 Å². The van der Waals surface area contributed by atoms with Gasteiger partial charge in [-0.25, -0.2) is 9.36 Å². The lowest BCUT2D eigenvalue weighted by Crippen LogP contribution is -2.50. The second-order valence-corrected chi connectivity index (χ2v) is 39.8. The minimum absolute atomic E-state index is 0.0120. The van der Waals surface area contributed by atoms with Crippen molar-refractivity contribution in [3.8, 4) is 0 Å². The molecule has 31 nitrogen and oxygen atoms in total. The number of hydrogen-bond acceptors (Lipinski definition) is 29. The largest absolute Gasteiger partial charge is 0.386 e. The lowest BCUT2D eigenvalue weighted by atomic mass is 9.79. The lowest BCUT2D eigenvalue weighted by molar-refractivity contribution is -0.129. The first kappa shape index (κ1) is 84.5. The monoisotopic (exact) mass is 1780 g/mol. The zero-order valence-corrected chi connectivity index (χ0v) is 72.6. The zero-order chi connectivity index (χ0) is 82.5. The number of nitrogens with one attached hydrogen (secondary N) is 5. The standard InChI is InChI=1S/C21H29ClN4O3S.C20H25ClN6O2S.C20H22ClN5O3S.C19H21ClN6O2S/c1-13-8-21(20-15(7-19(22)30-20)18(27)12-29-21)9-16(23-13)17-10-26(25-24-17)5-4-14-3-2-6-28-11-14;1-12-8-20(19-14(7-18(21)30-19)17(28)11-29-20)9-15(23-12)16-10-26(25-24-16)5-6-27-13(2)3-4-22-27;1-11-5-20(19-13(4-17(21)30-19)16(27)10-29-20)6-14(23-11)15-9-26(25-24-15)8-12-2-3-18(28)22-7-12;1-11-5-19(18-13(4-17(20)29-18)16(27)10-28-19)6-14(23-11)15-9-26(25-24-15)8-12-7-21-2-3-22-12/h7,10,13-14,16,18,23,27H,2-6,8-9,11-12H2,1H3;3-4,7,10,12,15,17,23,28H,5-6,8-9,11H2,1-2H3;2-4,7,9,11,14,16,23,27H,5-6,8,10H2,1H3,(H,22,28);2-4,7,9,11,14,16,23,27H,5-6,8,10H2,1H3/t13-,14?,16-,18+,21-;12-,15-,17+,20-;11-,14-,16+,20-;11-,14-,16+,19-/m0000/s1. The normalized spacial score (nSPS) is 30.2. The number of piperidine rings is 4. The van der Waals surface area contributed by atoms with Gasteiger partial charge in [-0.05, 0) is 121 Å². The summed E-state index contributed by atoms with van der Waals surface area (Å²) in [5.41, 5.74) is 8.03. The topological polar surface area (TPSA) is 374 Å². The van der Waals surface area contributed by atoms with Gasteiger partial charge in [-0.3, -0.25) is 28.8 Å². The number of fused-ring (bicyclic) bond motifs is 8. The van der Waals surface area contributed by atoms with E-state index in [1.807, 2.05) is 69.9 Å². The molecule has 9 aliphatic rings. The summed E-state index contributed by atoms with van der Waals surface area (Å²) in [6.07, 6.45) is 23.6. The highest BCUT2D eigenvalue weighted by Crippen LogP contribution is 2.57. The van der Waals surface area contributed by atoms with Crippen molar-refractivity contribution in [3.05, 3.63) is 207 Å². The number of ether oxygens (including phenoxy) is 5. The van der Waals surface area contributed by atoms with Crippen LogP contribution in [0.1, 0.15) is 228 Å². The molecule has 634 valence electrons. The van der Waals surface area contributed by atoms with E-state index < -0.39 is 46.8 Å². The van der Waals surface area contributed by atoms with E-state index in [0.29, 0.717) is 62.3 Å². The maximum absolute atomic E-state index is 11.2. The van der Waals surface area contributed by atoms with Gasteiger partial charge < -0.3 is 70.4 Å². The Morgan fingerprint density at radius 2 is 0.908 bits per heavy atom. The smallest absolute Gasteiger partial charge is 0.247 e. The van der Waals surface area contributed by atoms with Gasteiger partial charge in [-0.15, -0.1) is 65.7 Å². The van der Waals surface area contributed by atoms with Crippen molar-refractivity contribution in [1.82, 2.24) is 106 Å². The number of aliphatic hydroxyl groups is 4. The van der Waals surface area contributed by atoms with Crippen molar-refractivity contribution in [3.63, 3.8) is 0 Å². The second-order valence-electron chi connectivity index (χ2n) is 33.1. The van der Waals surface area contributed by atoms with Crippen LogP contribution in [0.25, 0.3) is 0 Å². The Bertz CT molecular complexity index is 5340. The number of aryl methyl sites for hydroxylation is 4. The summed E-state index contributed by atoms with van der Waals surface area (Å²) in [7, 11) is 0. The molecule has 11 aromatic rings. The number of hydrogen-bond donors (Lipinski definition) is 9. The quantitative estimate of drug-likeness (QED) is 0.0488. The van der Waals surface area contributed by atoms with E-state index in [1.54, 1.807) is 46.4 Å². The molecule has 0 aromatic carbocycles. The van der Waals surface area contributed by atoms with Crippen LogP contribution in [0.4, 0.5) is 0 Å². The van der Waals surface area contributed by atoms with Crippen LogP contribution >= 0.6 is 91.8 Å². The Balaban J connectivity index is 0.000000113. The van der Waals surface area contributed by atoms with E-state index in [0.717, 1.165) is 159 Å². The molecule has 1 unspecified atom stereocenters. The first-order valence-electron chi connectivity index (χ1n) is 40.5. The maximum atomic E-state index is 11.2. The summed E-state index contributed by atoms with van der Waals surface area (Å²) in [5.74, 6) is 0.617. The molecule has 0 aliphatic carbocycles. The van der Waals surface area contributed by atoms with Gasteiger partial charge in [0.15, 0.2) is 0 Å². The molecular formula is C80H97Cl4N21O10S4. The molecule has 5 saturated heterocycles. The Morgan fingerprint density at radius 3 is 1.29 bits per heavy atom. The average molecular weight is 1780 g/mol. The van der Waals surface area contributed by atoms with E-state index in [4.69, 9.17) is 70.1 Å². The van der Waals surface area contributed by atoms with Crippen LogP contribution in [-0.2, 0) is 78.8 Å². The van der Waals surface area contributed by atoms with E-state index in [-0.39, 0.29) is 73.7 Å². The van der Waals surface area contributed by atoms with Gasteiger partial charge in [-0.2, -0.15) is 5.10 Å². The Morgan fingerprint density at radius 1 is 0.496 bits per heavy atom. The maximum Gasteiger partial charge on any atom is 0.247 e. The summed E-state index contributed by atoms with van der Waals surface area (Å²) in [4.78, 5) is 26.5. The third kappa shape index (κ3) is 18.6. The molecule has 5 fully saturated rings. The van der Waals surface area contributed by atoms with Gasteiger partial charge in [-0.1, -0.05) is 73.3 Å². The average Bonchev–Trinajstić information content (AvgIpc) is 1.69. The van der Waals surface area contributed by atoms with Crippen LogP contribution in [-0.4, -0.2) is 169 Å². The molecule has 0 saturated carbocycles. The fourth-order valence-electron chi connectivity index (χ4n) is 18.7. The highest BCUT2D eigenvalue weighted by atomic mass is 35.5. The predicted octanol–water partition coefficient (Wildman–Crippen LogP) is 11.7. The minimum atomic E-state index is -0.642. The van der Waals surface area contributed by atoms with E-state index >= 15 is 0 Å². The number of halogens is 4. The SMILES string of the molecule is C[C@H]1C[C@@]2(C[C@@H](c3cn(CCC4CCCOC4)nn3)N1)OC[C@@H](O)c1cc(Cl)sc12.C[C@H]1C[C@@]2(C[C@@H](c3cn(Cc4ccc(=O)[nH]c4)nn3)N1)OC[C@@H](O)c1cc(Cl)sc12.C[C@H]1C[C@@]2(C[C@@H](c3cn(Cc4cnccn4)nn3)N1)OC[C@@H](O)c1cc(Cl)sc12.Cc1ccnn1CCn1cc([C@@H]2C[C@]3(C[C@H](C)N2)OC[C@@H](O)c2cc(Cl)sc23)nn1. The number of aromatic nitrogens is 17. The van der Waals surface area contributed by atoms with Gasteiger partial charge in [0.1, 0.15) is 46.8 Å². The number of pyridine rings is 1. The molecule has 0 radical (unpaired) electrons. The second kappa shape index (κ2) is 35.8. The summed E-state index contributed by atoms with van der Waals surface area (Å²) in [6.45, 7) is 16.9. The molecular weight excluding hydrogens is 1690 g/mol. The summed E-state index contributed by atoms with van der Waals surface area (Å²) < 4.78 is 42.8. The van der Waals surface area contributed by atoms with E-state index in [2.05, 4.69) is 116 Å². The lowest BCUT2D eigenvalue weighted by Gasteiger charge is -2.46. The highest BCUT2D eigenvalue weighted by Gasteiger charge is 2.53. The molecule has 4 spiro atoms. The van der Waals surface area contributed by atoms with Crippen molar-refractivity contribution in [2.24, 2.45) is 5.92 Å². The number of aromatic amines is 1. The Kier molecular flexibility index (Phi) is 25.4. The van der Waals surface area contributed by atoms with Crippen molar-refractivity contribution < 1.29 is 44.1 Å². The molecule has 9 N–H and O–H groups in total. The van der Waals surface area contributed by atoms with Crippen molar-refractivity contribution in [2.45, 2.75) is 233 Å². The molecule has 11 aromatic heterocycles. The molecule has 0 amide bonds. The number of thiophene rings is 4. The third-order valence-electron chi connectivity index (χ3n) is 24.0.